The zero-order chi connectivity index (χ0) is 16.6. The molecule has 6 heteroatoms. The molecule has 1 aliphatic carbocycles. The number of fused-ring (bicyclic) bond motifs is 1. The number of aromatic nitrogens is 1. The van der Waals surface area contributed by atoms with E-state index in [2.05, 4.69) is 10.3 Å². The van der Waals surface area contributed by atoms with Crippen molar-refractivity contribution < 1.29 is 9.59 Å². The highest BCUT2D eigenvalue weighted by Gasteiger charge is 2.33. The van der Waals surface area contributed by atoms with Crippen LogP contribution in [0.5, 0.6) is 0 Å². The third-order valence-electron chi connectivity index (χ3n) is 4.58. The number of Topliss-reactive ketones (excluding diaryl/α,β-unsaturated/α-hetero) is 1. The number of hydrogen-bond donors (Lipinski definition) is 2. The van der Waals surface area contributed by atoms with E-state index in [0.29, 0.717) is 37.2 Å². The fraction of sp³-hybridized carbons (Fsp3) is 0.588. The molecule has 0 saturated carbocycles. The highest BCUT2D eigenvalue weighted by Crippen LogP contribution is 2.33. The summed E-state index contributed by atoms with van der Waals surface area (Å²) in [6.07, 6.45) is 1.94. The number of pyridine rings is 1. The van der Waals surface area contributed by atoms with Crippen molar-refractivity contribution >= 4 is 11.7 Å². The van der Waals surface area contributed by atoms with Crippen molar-refractivity contribution in [1.82, 2.24) is 15.2 Å². The predicted octanol–water partition coefficient (Wildman–Crippen LogP) is 0.966. The van der Waals surface area contributed by atoms with Crippen LogP contribution in [0, 0.1) is 5.41 Å². The van der Waals surface area contributed by atoms with Crippen molar-refractivity contribution in [2.45, 2.75) is 33.1 Å². The van der Waals surface area contributed by atoms with Gasteiger partial charge in [0.15, 0.2) is 5.78 Å². The molecule has 0 radical (unpaired) electrons. The van der Waals surface area contributed by atoms with Crippen molar-refractivity contribution in [3.05, 3.63) is 33.2 Å². The summed E-state index contributed by atoms with van der Waals surface area (Å²) in [6.45, 7) is 6.82. The number of H-pyrrole nitrogens is 1. The molecule has 2 aliphatic rings. The number of aromatic amines is 1. The lowest BCUT2D eigenvalue weighted by molar-refractivity contribution is 0.0764. The van der Waals surface area contributed by atoms with E-state index in [1.54, 1.807) is 4.90 Å². The molecule has 23 heavy (non-hydrogen) atoms. The zero-order valence-electron chi connectivity index (χ0n) is 13.7. The lowest BCUT2D eigenvalue weighted by Gasteiger charge is -2.30. The second-order valence-electron chi connectivity index (χ2n) is 7.24. The minimum Gasteiger partial charge on any atom is -0.337 e. The van der Waals surface area contributed by atoms with Crippen LogP contribution < -0.4 is 10.9 Å². The molecular weight excluding hydrogens is 294 g/mol. The number of hydrogen-bond acceptors (Lipinski definition) is 4. The van der Waals surface area contributed by atoms with Gasteiger partial charge in [0.05, 0.1) is 0 Å². The van der Waals surface area contributed by atoms with Gasteiger partial charge in [-0.15, -0.1) is 0 Å². The summed E-state index contributed by atoms with van der Waals surface area (Å²) < 4.78 is 0. The molecule has 1 amide bonds. The van der Waals surface area contributed by atoms with Gasteiger partial charge in [0.25, 0.3) is 11.5 Å². The average Bonchev–Trinajstić information content (AvgIpc) is 2.73. The number of nitrogens with zero attached hydrogens (tertiary/aromatic N) is 1. The van der Waals surface area contributed by atoms with Crippen LogP contribution in [-0.2, 0) is 6.42 Å². The van der Waals surface area contributed by atoms with E-state index in [1.165, 1.54) is 6.07 Å². The Morgan fingerprint density at radius 2 is 1.96 bits per heavy atom. The molecule has 0 bridgehead atoms. The maximum Gasteiger partial charge on any atom is 0.261 e. The van der Waals surface area contributed by atoms with E-state index < -0.39 is 5.56 Å². The fourth-order valence-corrected chi connectivity index (χ4v) is 3.41. The number of rotatable bonds is 1. The zero-order valence-corrected chi connectivity index (χ0v) is 13.7. The van der Waals surface area contributed by atoms with Gasteiger partial charge in [-0.2, -0.15) is 0 Å². The van der Waals surface area contributed by atoms with Gasteiger partial charge in [-0.3, -0.25) is 14.4 Å². The first-order chi connectivity index (χ1) is 10.9. The quantitative estimate of drug-likeness (QED) is 0.808. The molecule has 1 aromatic rings. The van der Waals surface area contributed by atoms with Crippen LogP contribution in [-0.4, -0.2) is 47.8 Å². The minimum atomic E-state index is -0.392. The van der Waals surface area contributed by atoms with Crippen LogP contribution in [0.3, 0.4) is 0 Å². The first-order valence-electron chi connectivity index (χ1n) is 8.17. The van der Waals surface area contributed by atoms with E-state index in [9.17, 15) is 14.4 Å². The van der Waals surface area contributed by atoms with Crippen LogP contribution in [0.2, 0.25) is 0 Å². The van der Waals surface area contributed by atoms with Crippen molar-refractivity contribution in [2.75, 3.05) is 26.2 Å². The Balaban J connectivity index is 1.95. The molecule has 0 aromatic carbocycles. The van der Waals surface area contributed by atoms with Gasteiger partial charge in [-0.1, -0.05) is 13.8 Å². The predicted molar refractivity (Wildman–Crippen MR) is 86.9 cm³/mol. The van der Waals surface area contributed by atoms with Gasteiger partial charge in [0.1, 0.15) is 5.56 Å². The molecule has 124 valence electrons. The smallest absolute Gasteiger partial charge is 0.261 e. The largest absolute Gasteiger partial charge is 0.337 e. The van der Waals surface area contributed by atoms with Crippen molar-refractivity contribution in [1.29, 1.82) is 0 Å². The SMILES string of the molecule is CC1(C)CC(=O)c2cc(C(=O)N3CCCNCC3)c(=O)[nH]c2C1. The van der Waals surface area contributed by atoms with Gasteiger partial charge in [0, 0.05) is 37.3 Å². The average molecular weight is 317 g/mol. The van der Waals surface area contributed by atoms with Crippen molar-refractivity contribution in [3.63, 3.8) is 0 Å². The lowest BCUT2D eigenvalue weighted by atomic mass is 9.75. The van der Waals surface area contributed by atoms with Gasteiger partial charge < -0.3 is 15.2 Å². The molecule has 2 heterocycles. The van der Waals surface area contributed by atoms with Crippen LogP contribution >= 0.6 is 0 Å². The fourth-order valence-electron chi connectivity index (χ4n) is 3.41. The highest BCUT2D eigenvalue weighted by atomic mass is 16.2. The second-order valence-corrected chi connectivity index (χ2v) is 7.24. The summed E-state index contributed by atoms with van der Waals surface area (Å²) in [4.78, 5) is 41.8. The molecule has 2 N–H and O–H groups in total. The van der Waals surface area contributed by atoms with E-state index in [1.807, 2.05) is 13.8 Å². The molecule has 3 rings (SSSR count). The number of amides is 1. The van der Waals surface area contributed by atoms with E-state index >= 15 is 0 Å². The summed E-state index contributed by atoms with van der Waals surface area (Å²) in [5.74, 6) is -0.283. The normalized spacial score (nSPS) is 20.8. The maximum atomic E-state index is 12.7. The summed E-state index contributed by atoms with van der Waals surface area (Å²) in [7, 11) is 0. The Morgan fingerprint density at radius 1 is 1.17 bits per heavy atom. The standard InChI is InChI=1S/C17H23N3O3/c1-17(2)9-13-11(14(21)10-17)8-12(15(22)19-13)16(23)20-6-3-4-18-5-7-20/h8,18H,3-7,9-10H2,1-2H3,(H,19,22). The third kappa shape index (κ3) is 3.22. The Bertz CT molecular complexity index is 698. The molecule has 0 spiro atoms. The molecule has 1 aliphatic heterocycles. The number of ketones is 1. The molecule has 0 atom stereocenters. The van der Waals surface area contributed by atoms with Crippen molar-refractivity contribution in [3.8, 4) is 0 Å². The molecule has 1 aromatic heterocycles. The van der Waals surface area contributed by atoms with E-state index in [0.717, 1.165) is 19.5 Å². The van der Waals surface area contributed by atoms with Crippen LogP contribution in [0.4, 0.5) is 0 Å². The third-order valence-corrected chi connectivity index (χ3v) is 4.58. The van der Waals surface area contributed by atoms with Crippen molar-refractivity contribution in [2.24, 2.45) is 5.41 Å². The molecule has 1 fully saturated rings. The van der Waals surface area contributed by atoms with Crippen LogP contribution in [0.15, 0.2) is 10.9 Å². The van der Waals surface area contributed by atoms with Gasteiger partial charge >= 0.3 is 0 Å². The Hall–Kier alpha value is -1.95. The van der Waals surface area contributed by atoms with E-state index in [4.69, 9.17) is 0 Å². The molecule has 6 nitrogen and oxygen atoms in total. The van der Waals surface area contributed by atoms with Crippen LogP contribution in [0.25, 0.3) is 0 Å². The van der Waals surface area contributed by atoms with Gasteiger partial charge in [-0.25, -0.2) is 0 Å². The first-order valence-corrected chi connectivity index (χ1v) is 8.17. The van der Waals surface area contributed by atoms with Gasteiger partial charge in [0.2, 0.25) is 0 Å². The lowest BCUT2D eigenvalue weighted by Crippen LogP contribution is -2.38. The summed E-state index contributed by atoms with van der Waals surface area (Å²) in [5.41, 5.74) is 0.690. The monoisotopic (exact) mass is 317 g/mol. The number of carbonyl (C=O) groups is 2. The van der Waals surface area contributed by atoms with Crippen LogP contribution in [0.1, 0.15) is 53.1 Å². The Kier molecular flexibility index (Phi) is 4.10. The summed E-state index contributed by atoms with van der Waals surface area (Å²) >= 11 is 0. The van der Waals surface area contributed by atoms with E-state index in [-0.39, 0.29) is 22.7 Å². The molecular formula is C17H23N3O3. The Morgan fingerprint density at radius 3 is 2.74 bits per heavy atom. The second kappa shape index (κ2) is 5.92. The number of nitrogens with one attached hydrogen (secondary N) is 2. The first kappa shape index (κ1) is 15.9. The highest BCUT2D eigenvalue weighted by molar-refractivity contribution is 6.02. The molecule has 0 unspecified atom stereocenters. The molecule has 1 saturated heterocycles. The number of carbonyl (C=O) groups excluding carboxylic acids is 2. The Labute approximate surface area is 135 Å². The summed E-state index contributed by atoms with van der Waals surface area (Å²) in [6, 6.07) is 1.51. The van der Waals surface area contributed by atoms with Gasteiger partial charge in [-0.05, 0) is 30.9 Å². The summed E-state index contributed by atoms with van der Waals surface area (Å²) in [5, 5.41) is 3.23. The minimum absolute atomic E-state index is 0.000849. The topological polar surface area (TPSA) is 82.3 Å². The maximum absolute atomic E-state index is 12.7.